The smallest absolute Gasteiger partial charge is 0.0492 e. The Kier molecular flexibility index (Phi) is 3.40. The van der Waals surface area contributed by atoms with Gasteiger partial charge in [0, 0.05) is 11.6 Å². The molecule has 0 aliphatic rings. The Morgan fingerprint density at radius 2 is 2.00 bits per heavy atom. The van der Waals surface area contributed by atoms with E-state index in [1.807, 2.05) is 0 Å². The van der Waals surface area contributed by atoms with Crippen LogP contribution in [0.15, 0.2) is 5.16 Å². The van der Waals surface area contributed by atoms with Crippen LogP contribution < -0.4 is 0 Å². The highest BCUT2D eigenvalue weighted by Crippen LogP contribution is 2.22. The minimum atomic E-state index is 0.0307. The van der Waals surface area contributed by atoms with Gasteiger partial charge in [-0.25, -0.2) is 0 Å². The molecule has 0 aromatic rings. The molecule has 0 radical (unpaired) electrons. The summed E-state index contributed by atoms with van der Waals surface area (Å²) in [5, 5.41) is 11.3. The molecule has 0 rings (SSSR count). The molecular weight excluding hydrogens is 126 g/mol. The van der Waals surface area contributed by atoms with Crippen LogP contribution in [0.3, 0.4) is 0 Å². The number of hydrogen-bond acceptors (Lipinski definition) is 2. The topological polar surface area (TPSA) is 32.6 Å². The molecule has 0 aromatic carbocycles. The van der Waals surface area contributed by atoms with Gasteiger partial charge in [0.25, 0.3) is 0 Å². The molecule has 0 fully saturated rings. The fraction of sp³-hybridized carbons (Fsp3) is 0.875. The van der Waals surface area contributed by atoms with Gasteiger partial charge in [-0.15, -0.1) is 5.16 Å². The van der Waals surface area contributed by atoms with Crippen molar-refractivity contribution in [3.63, 3.8) is 0 Å². The van der Waals surface area contributed by atoms with E-state index in [0.29, 0.717) is 5.92 Å². The van der Waals surface area contributed by atoms with E-state index in [1.165, 1.54) is 0 Å². The highest BCUT2D eigenvalue weighted by molar-refractivity contribution is 5.63. The van der Waals surface area contributed by atoms with Crippen LogP contribution >= 0.6 is 0 Å². The standard InChI is InChI=1S/C8H17NO/c1-7(2)5-8(3,4)6-9-10/h6-7,10H,5H2,1-4H3/b9-6-. The Labute approximate surface area is 62.9 Å². The lowest BCUT2D eigenvalue weighted by atomic mass is 9.85. The third-order valence-corrected chi connectivity index (χ3v) is 1.34. The molecule has 0 aliphatic carbocycles. The molecule has 0 aliphatic heterocycles. The van der Waals surface area contributed by atoms with Crippen molar-refractivity contribution in [3.8, 4) is 0 Å². The molecule has 1 N–H and O–H groups in total. The molecule has 2 nitrogen and oxygen atoms in total. The summed E-state index contributed by atoms with van der Waals surface area (Å²) < 4.78 is 0. The molecule has 0 unspecified atom stereocenters. The number of oxime groups is 1. The predicted octanol–water partition coefficient (Wildman–Crippen LogP) is 2.52. The van der Waals surface area contributed by atoms with Gasteiger partial charge in [-0.05, 0) is 12.3 Å². The van der Waals surface area contributed by atoms with Crippen LogP contribution in [0.25, 0.3) is 0 Å². The molecule has 60 valence electrons. The lowest BCUT2D eigenvalue weighted by Gasteiger charge is -2.20. The maximum atomic E-state index is 8.28. The largest absolute Gasteiger partial charge is 0.411 e. The van der Waals surface area contributed by atoms with E-state index < -0.39 is 0 Å². The normalized spacial score (nSPS) is 13.3. The molecule has 0 saturated carbocycles. The molecule has 10 heavy (non-hydrogen) atoms. The zero-order valence-corrected chi connectivity index (χ0v) is 7.26. The SMILES string of the molecule is CC(C)CC(C)(C)/C=N\O. The lowest BCUT2D eigenvalue weighted by Crippen LogP contribution is -2.15. The number of hydrogen-bond donors (Lipinski definition) is 1. The van der Waals surface area contributed by atoms with E-state index >= 15 is 0 Å². The second kappa shape index (κ2) is 3.59. The van der Waals surface area contributed by atoms with E-state index in [9.17, 15) is 0 Å². The lowest BCUT2D eigenvalue weighted by molar-refractivity contribution is 0.307. The third-order valence-electron chi connectivity index (χ3n) is 1.34. The van der Waals surface area contributed by atoms with E-state index in [0.717, 1.165) is 6.42 Å². The first-order valence-electron chi connectivity index (χ1n) is 3.66. The second-order valence-corrected chi connectivity index (χ2v) is 3.83. The first-order chi connectivity index (χ1) is 4.48. The van der Waals surface area contributed by atoms with Gasteiger partial charge in [0.1, 0.15) is 0 Å². The Hall–Kier alpha value is -0.530. The third kappa shape index (κ3) is 4.36. The van der Waals surface area contributed by atoms with Crippen LogP contribution in [-0.2, 0) is 0 Å². The van der Waals surface area contributed by atoms with Gasteiger partial charge in [-0.1, -0.05) is 27.7 Å². The van der Waals surface area contributed by atoms with Crippen LogP contribution in [0, 0.1) is 11.3 Å². The van der Waals surface area contributed by atoms with Gasteiger partial charge in [-0.3, -0.25) is 0 Å². The Morgan fingerprint density at radius 1 is 1.50 bits per heavy atom. The van der Waals surface area contributed by atoms with E-state index in [1.54, 1.807) is 6.21 Å². The van der Waals surface area contributed by atoms with Crippen molar-refractivity contribution < 1.29 is 5.21 Å². The van der Waals surface area contributed by atoms with Crippen LogP contribution in [-0.4, -0.2) is 11.4 Å². The van der Waals surface area contributed by atoms with Crippen LogP contribution in [0.5, 0.6) is 0 Å². The Bertz CT molecular complexity index is 116. The van der Waals surface area contributed by atoms with Crippen LogP contribution in [0.4, 0.5) is 0 Å². The maximum Gasteiger partial charge on any atom is 0.0492 e. The Balaban J connectivity index is 3.86. The van der Waals surface area contributed by atoms with Gasteiger partial charge >= 0.3 is 0 Å². The molecule has 0 aromatic heterocycles. The van der Waals surface area contributed by atoms with Gasteiger partial charge in [0.05, 0.1) is 0 Å². The minimum absolute atomic E-state index is 0.0307. The van der Waals surface area contributed by atoms with Crippen LogP contribution in [0.2, 0.25) is 0 Å². The van der Waals surface area contributed by atoms with E-state index in [2.05, 4.69) is 32.9 Å². The summed E-state index contributed by atoms with van der Waals surface area (Å²) >= 11 is 0. The average molecular weight is 143 g/mol. The van der Waals surface area contributed by atoms with Gasteiger partial charge < -0.3 is 5.21 Å². The molecule has 0 heterocycles. The molecule has 0 atom stereocenters. The van der Waals surface area contributed by atoms with E-state index in [-0.39, 0.29) is 5.41 Å². The summed E-state index contributed by atoms with van der Waals surface area (Å²) in [6.07, 6.45) is 2.64. The summed E-state index contributed by atoms with van der Waals surface area (Å²) in [6.45, 7) is 8.44. The predicted molar refractivity (Wildman–Crippen MR) is 43.5 cm³/mol. The maximum absolute atomic E-state index is 8.28. The summed E-state index contributed by atoms with van der Waals surface area (Å²) in [4.78, 5) is 0. The van der Waals surface area contributed by atoms with Crippen LogP contribution in [0.1, 0.15) is 34.1 Å². The van der Waals surface area contributed by atoms with Crippen molar-refractivity contribution in [2.24, 2.45) is 16.5 Å². The first kappa shape index (κ1) is 9.47. The highest BCUT2D eigenvalue weighted by Gasteiger charge is 2.16. The summed E-state index contributed by atoms with van der Waals surface area (Å²) in [5.74, 6) is 0.646. The molecule has 0 spiro atoms. The summed E-state index contributed by atoms with van der Waals surface area (Å²) in [5.41, 5.74) is 0.0307. The Morgan fingerprint density at radius 3 is 2.30 bits per heavy atom. The zero-order chi connectivity index (χ0) is 8.20. The quantitative estimate of drug-likeness (QED) is 0.367. The summed E-state index contributed by atoms with van der Waals surface area (Å²) in [6, 6.07) is 0. The van der Waals surface area contributed by atoms with Gasteiger partial charge in [0.15, 0.2) is 0 Å². The molecular formula is C8H17NO. The molecule has 2 heteroatoms. The average Bonchev–Trinajstić information content (AvgIpc) is 1.59. The molecule has 0 bridgehead atoms. The zero-order valence-electron chi connectivity index (χ0n) is 7.26. The summed E-state index contributed by atoms with van der Waals surface area (Å²) in [7, 11) is 0. The van der Waals surface area contributed by atoms with Crippen molar-refractivity contribution >= 4 is 6.21 Å². The monoisotopic (exact) mass is 143 g/mol. The first-order valence-corrected chi connectivity index (χ1v) is 3.66. The highest BCUT2D eigenvalue weighted by atomic mass is 16.4. The van der Waals surface area contributed by atoms with Crippen molar-refractivity contribution in [1.29, 1.82) is 0 Å². The fourth-order valence-corrected chi connectivity index (χ4v) is 1.26. The minimum Gasteiger partial charge on any atom is -0.411 e. The second-order valence-electron chi connectivity index (χ2n) is 3.83. The van der Waals surface area contributed by atoms with Crippen molar-refractivity contribution in [2.45, 2.75) is 34.1 Å². The fourth-order valence-electron chi connectivity index (χ4n) is 1.26. The van der Waals surface area contributed by atoms with Crippen molar-refractivity contribution in [1.82, 2.24) is 0 Å². The number of nitrogens with zero attached hydrogens (tertiary/aromatic N) is 1. The number of rotatable bonds is 3. The molecule has 0 amide bonds. The van der Waals surface area contributed by atoms with E-state index in [4.69, 9.17) is 5.21 Å². The van der Waals surface area contributed by atoms with Gasteiger partial charge in [0.2, 0.25) is 0 Å². The molecule has 0 saturated heterocycles. The van der Waals surface area contributed by atoms with Crippen molar-refractivity contribution in [2.75, 3.05) is 0 Å². The van der Waals surface area contributed by atoms with Gasteiger partial charge in [-0.2, -0.15) is 0 Å². The van der Waals surface area contributed by atoms with Crippen molar-refractivity contribution in [3.05, 3.63) is 0 Å².